The molecule has 24 bridgehead atoms. The van der Waals surface area contributed by atoms with Crippen molar-refractivity contribution in [1.29, 1.82) is 0 Å². The summed E-state index contributed by atoms with van der Waals surface area (Å²) in [7, 11) is -14.2. The van der Waals surface area contributed by atoms with E-state index in [-0.39, 0.29) is 65.4 Å². The predicted octanol–water partition coefficient (Wildman–Crippen LogP) is 10.7. The average molecular weight is 1220 g/mol. The number of aromatic amines is 6. The van der Waals surface area contributed by atoms with Crippen LogP contribution < -0.4 is 0 Å². The normalized spacial score (nSPS) is 13.0. The van der Waals surface area contributed by atoms with E-state index in [1.54, 1.807) is 91.0 Å². The standard InChI is InChI=1S/3C20H14N4O3S.Fe/c3*25-28(26,27)20-18-7-5-16(23-18)10-14-3-1-12(21-14)9-13-2-4-15(22-13)11-17-6-8-19(20)24-17;/h3*1-11,21,24H,(H,25,26,27);/q;;;+3/p-3. The summed E-state index contributed by atoms with van der Waals surface area (Å²) in [6.45, 7) is 0. The molecule has 1 radical (unpaired) electrons. The zero-order chi connectivity index (χ0) is 57.9. The fraction of sp³-hybridized carbons (Fsp3) is 0. The van der Waals surface area contributed by atoms with Crippen LogP contribution in [0.5, 0.6) is 0 Å². The number of fused-ring (bicyclic) bond motifs is 24. The van der Waals surface area contributed by atoms with E-state index in [2.05, 4.69) is 59.8 Å². The Labute approximate surface area is 492 Å². The Morgan fingerprint density at radius 2 is 0.424 bits per heavy atom. The van der Waals surface area contributed by atoms with Crippen molar-refractivity contribution in [3.63, 3.8) is 0 Å². The molecule has 9 aromatic heterocycles. The third kappa shape index (κ3) is 12.4. The first-order chi connectivity index (χ1) is 40.3. The Kier molecular flexibility index (Phi) is 14.4. The second-order valence-corrected chi connectivity index (χ2v) is 23.3. The van der Waals surface area contributed by atoms with Gasteiger partial charge in [-0.3, -0.25) is 0 Å². The quantitative estimate of drug-likeness (QED) is 0.0707. The maximum absolute atomic E-state index is 11.9. The van der Waals surface area contributed by atoms with Crippen molar-refractivity contribution in [1.82, 2.24) is 59.8 Å². The average Bonchev–Trinajstić information content (AvgIpc) is 2.94. The van der Waals surface area contributed by atoms with E-state index in [0.29, 0.717) is 50.7 Å². The molecule has 9 aromatic rings. The molecule has 25 heteroatoms. The number of hydrogen-bond donors (Lipinski definition) is 6. The number of hydrogen-bond acceptors (Lipinski definition) is 15. The van der Waals surface area contributed by atoms with Crippen LogP contribution in [0.15, 0.2) is 142 Å². The van der Waals surface area contributed by atoms with E-state index in [1.807, 2.05) is 91.1 Å². The fourth-order valence-electron chi connectivity index (χ4n) is 9.74. The molecule has 0 aromatic carbocycles. The van der Waals surface area contributed by atoms with Crippen LogP contribution in [-0.4, -0.2) is 98.7 Å². The maximum atomic E-state index is 11.9. The minimum atomic E-state index is -4.75. The van der Waals surface area contributed by atoms with Gasteiger partial charge in [0.1, 0.15) is 45.0 Å². The molecule has 21 nitrogen and oxygen atoms in total. The van der Waals surface area contributed by atoms with Crippen LogP contribution >= 0.6 is 0 Å². The van der Waals surface area contributed by atoms with Crippen LogP contribution in [0.1, 0.15) is 68.3 Å². The Hall–Kier alpha value is -9.95. The van der Waals surface area contributed by atoms with Crippen LogP contribution in [0.2, 0.25) is 0 Å². The number of H-pyrrole nitrogens is 6. The Morgan fingerprint density at radius 1 is 0.247 bits per heavy atom. The van der Waals surface area contributed by atoms with Gasteiger partial charge >= 0.3 is 17.1 Å². The molecule has 419 valence electrons. The molecule has 6 aliphatic rings. The smallest absolute Gasteiger partial charge is 0.744 e. The van der Waals surface area contributed by atoms with Crippen molar-refractivity contribution in [3.05, 3.63) is 196 Å². The summed E-state index contributed by atoms with van der Waals surface area (Å²) in [5.41, 5.74) is 14.0. The summed E-state index contributed by atoms with van der Waals surface area (Å²) in [5.74, 6) is 0. The third-order valence-corrected chi connectivity index (χ3v) is 16.1. The van der Waals surface area contributed by atoms with Gasteiger partial charge < -0.3 is 43.6 Å². The number of nitrogens with zero attached hydrogens (tertiary/aromatic N) is 6. The molecule has 15 heterocycles. The first-order valence-corrected chi connectivity index (χ1v) is 29.6. The molecule has 0 atom stereocenters. The van der Waals surface area contributed by atoms with Gasteiger partial charge in [0.15, 0.2) is 0 Å². The summed E-state index contributed by atoms with van der Waals surface area (Å²) in [6.07, 6.45) is 20.8. The minimum absolute atomic E-state index is 0. The van der Waals surface area contributed by atoms with E-state index >= 15 is 0 Å². The van der Waals surface area contributed by atoms with E-state index < -0.39 is 30.4 Å². The largest absolute Gasteiger partial charge is 3.00 e. The van der Waals surface area contributed by atoms with Crippen LogP contribution in [0.25, 0.3) is 139 Å². The Morgan fingerprint density at radius 3 is 0.635 bits per heavy atom. The maximum Gasteiger partial charge on any atom is 3.00 e. The van der Waals surface area contributed by atoms with Gasteiger partial charge in [0, 0.05) is 49.7 Å². The van der Waals surface area contributed by atoms with Crippen LogP contribution in [-0.2, 0) is 47.4 Å². The van der Waals surface area contributed by atoms with Crippen molar-refractivity contribution in [2.75, 3.05) is 0 Å². The van der Waals surface area contributed by atoms with Gasteiger partial charge in [-0.2, -0.15) is 0 Å². The molecule has 0 saturated heterocycles. The molecule has 6 aliphatic heterocycles. The van der Waals surface area contributed by atoms with Gasteiger partial charge in [-0.05, 0) is 200 Å². The minimum Gasteiger partial charge on any atom is -0.744 e. The molecule has 85 heavy (non-hydrogen) atoms. The summed E-state index contributed by atoms with van der Waals surface area (Å²) < 4.78 is 107. The van der Waals surface area contributed by atoms with Gasteiger partial charge in [-0.15, -0.1) is 0 Å². The molecule has 0 aliphatic carbocycles. The van der Waals surface area contributed by atoms with Crippen LogP contribution in [0.3, 0.4) is 0 Å². The second-order valence-electron chi connectivity index (χ2n) is 19.4. The molecule has 15 rings (SSSR count). The number of aromatic nitrogens is 12. The Bertz CT molecular complexity index is 4870. The SMILES string of the molecule is O=S(=O)([O-])c1c2nc(cc3ccc(cc4nc(cc5ccc1[nH]5)C=C4)[nH]3)C=C2.O=S(=O)([O-])c1c2nc(cc3ccc(cc4nc(cc5ccc1[nH]5)C=C4)[nH]3)C=C2.O=S(=O)([O-])c1c2nc(cc3ccc(cc4nc(cc5ccc1[nH]5)C=C4)[nH]3)C=C2.[Fe+3]. The number of rotatable bonds is 3. The van der Waals surface area contributed by atoms with Gasteiger partial charge in [-0.1, -0.05) is 0 Å². The van der Waals surface area contributed by atoms with Gasteiger partial charge in [0.2, 0.25) is 0 Å². The second kappa shape index (κ2) is 22.0. The molecular weight excluding hydrogens is 1180 g/mol. The van der Waals surface area contributed by atoms with Crippen molar-refractivity contribution >= 4 is 169 Å². The van der Waals surface area contributed by atoms with Crippen molar-refractivity contribution in [3.8, 4) is 0 Å². The molecule has 0 amide bonds. The van der Waals surface area contributed by atoms with E-state index in [9.17, 15) is 38.9 Å². The van der Waals surface area contributed by atoms with Crippen molar-refractivity contribution < 1.29 is 56.0 Å². The zero-order valence-corrected chi connectivity index (χ0v) is 47.0. The monoisotopic (exact) mass is 1220 g/mol. The molecule has 0 saturated carbocycles. The third-order valence-electron chi connectivity index (χ3n) is 13.3. The van der Waals surface area contributed by atoms with Crippen LogP contribution in [0, 0.1) is 0 Å². The molecular formula is C60H39FeN12O9S3. The Balaban J connectivity index is 0.000000124. The first-order valence-electron chi connectivity index (χ1n) is 25.4. The summed E-state index contributed by atoms with van der Waals surface area (Å²) in [6, 6.07) is 37.6. The van der Waals surface area contributed by atoms with Gasteiger partial charge in [0.05, 0.1) is 84.9 Å². The first kappa shape index (κ1) is 55.6. The van der Waals surface area contributed by atoms with E-state index in [4.69, 9.17) is 0 Å². The molecule has 6 N–H and O–H groups in total. The summed E-state index contributed by atoms with van der Waals surface area (Å²) in [4.78, 5) is 44.0. The predicted molar refractivity (Wildman–Crippen MR) is 320 cm³/mol. The van der Waals surface area contributed by atoms with E-state index in [0.717, 1.165) is 50.2 Å². The van der Waals surface area contributed by atoms with Crippen molar-refractivity contribution in [2.45, 2.75) is 14.7 Å². The van der Waals surface area contributed by atoms with Gasteiger partial charge in [0.25, 0.3) is 0 Å². The van der Waals surface area contributed by atoms with Crippen LogP contribution in [0.4, 0.5) is 0 Å². The van der Waals surface area contributed by atoms with Gasteiger partial charge in [-0.25, -0.2) is 55.2 Å². The molecule has 0 spiro atoms. The van der Waals surface area contributed by atoms with E-state index in [1.165, 1.54) is 18.2 Å². The number of nitrogens with one attached hydrogen (secondary N) is 6. The zero-order valence-electron chi connectivity index (χ0n) is 43.5. The fourth-order valence-corrected chi connectivity index (χ4v) is 12.0. The summed E-state index contributed by atoms with van der Waals surface area (Å²) in [5, 5.41) is 0. The summed E-state index contributed by atoms with van der Waals surface area (Å²) >= 11 is 0. The molecule has 0 unspecified atom stereocenters. The van der Waals surface area contributed by atoms with Crippen molar-refractivity contribution in [2.24, 2.45) is 0 Å². The topological polar surface area (TPSA) is 344 Å². The molecule has 0 fully saturated rings.